The summed E-state index contributed by atoms with van der Waals surface area (Å²) in [4.78, 5) is 13.8. The highest BCUT2D eigenvalue weighted by atomic mass is 32.1. The van der Waals surface area contributed by atoms with Crippen LogP contribution in [-0.4, -0.2) is 25.7 Å². The molecule has 1 amide bonds. The van der Waals surface area contributed by atoms with Crippen LogP contribution in [0.15, 0.2) is 60.7 Å². The van der Waals surface area contributed by atoms with Crippen molar-refractivity contribution in [1.29, 1.82) is 0 Å². The summed E-state index contributed by atoms with van der Waals surface area (Å²) in [5.41, 5.74) is 3.35. The fourth-order valence-electron chi connectivity index (χ4n) is 3.50. The van der Waals surface area contributed by atoms with E-state index in [-0.39, 0.29) is 5.91 Å². The average molecular weight is 414 g/mol. The molecule has 0 fully saturated rings. The molecule has 0 saturated heterocycles. The highest BCUT2D eigenvalue weighted by molar-refractivity contribution is 7.19. The molecule has 148 valence electrons. The highest BCUT2D eigenvalue weighted by Crippen LogP contribution is 2.30. The van der Waals surface area contributed by atoms with Gasteiger partial charge < -0.3 is 5.32 Å². The van der Waals surface area contributed by atoms with Crippen molar-refractivity contribution >= 4 is 38.7 Å². The van der Waals surface area contributed by atoms with Gasteiger partial charge in [0.05, 0.1) is 0 Å². The molecule has 0 bridgehead atoms. The molecule has 3 aromatic carbocycles. The van der Waals surface area contributed by atoms with E-state index in [0.717, 1.165) is 49.8 Å². The fourth-order valence-corrected chi connectivity index (χ4v) is 4.35. The van der Waals surface area contributed by atoms with Crippen molar-refractivity contribution in [1.82, 2.24) is 19.8 Å². The molecular formula is C23H19N5OS. The molecule has 6 nitrogen and oxygen atoms in total. The van der Waals surface area contributed by atoms with Crippen molar-refractivity contribution in [3.05, 3.63) is 77.6 Å². The van der Waals surface area contributed by atoms with Crippen molar-refractivity contribution in [2.24, 2.45) is 0 Å². The zero-order chi connectivity index (χ0) is 20.7. The largest absolute Gasteiger partial charge is 0.322 e. The van der Waals surface area contributed by atoms with Gasteiger partial charge in [-0.15, -0.1) is 10.2 Å². The number of carbonyl (C=O) groups excluding carboxylic acids is 1. The molecule has 0 unspecified atom stereocenters. The first-order chi connectivity index (χ1) is 14.6. The van der Waals surface area contributed by atoms with Gasteiger partial charge in [-0.25, -0.2) is 0 Å². The van der Waals surface area contributed by atoms with Gasteiger partial charge in [-0.2, -0.15) is 9.61 Å². The lowest BCUT2D eigenvalue weighted by atomic mass is 10.0. The number of fused-ring (bicyclic) bond motifs is 2. The number of hydrogen-bond donors (Lipinski definition) is 1. The minimum Gasteiger partial charge on any atom is -0.322 e. The second-order valence-corrected chi connectivity index (χ2v) is 8.04. The number of aromatic nitrogens is 4. The molecule has 5 rings (SSSR count). The SMILES string of the molecule is CCc1nnc2sc(-c3ccc(C)c(NC(=O)c4cccc5ccccc45)c3)nn12. The zero-order valence-electron chi connectivity index (χ0n) is 16.6. The van der Waals surface area contributed by atoms with Crippen LogP contribution in [0.2, 0.25) is 0 Å². The summed E-state index contributed by atoms with van der Waals surface area (Å²) in [6, 6.07) is 19.7. The standard InChI is InChI=1S/C23H19N5OS/c1-3-20-25-26-23-28(20)27-22(30-23)16-12-11-14(2)19(13-16)24-21(29)18-10-6-8-15-7-4-5-9-17(15)18/h4-13H,3H2,1-2H3,(H,24,29). The number of amides is 1. The van der Waals surface area contributed by atoms with E-state index in [0.29, 0.717) is 5.56 Å². The van der Waals surface area contributed by atoms with Crippen LogP contribution in [0.4, 0.5) is 5.69 Å². The summed E-state index contributed by atoms with van der Waals surface area (Å²) in [5, 5.41) is 18.9. The summed E-state index contributed by atoms with van der Waals surface area (Å²) >= 11 is 1.48. The molecule has 30 heavy (non-hydrogen) atoms. The average Bonchev–Trinajstić information content (AvgIpc) is 3.35. The summed E-state index contributed by atoms with van der Waals surface area (Å²) in [5.74, 6) is 0.711. The molecule has 0 saturated carbocycles. The molecule has 2 aromatic heterocycles. The fraction of sp³-hybridized carbons (Fsp3) is 0.130. The quantitative estimate of drug-likeness (QED) is 0.443. The molecule has 0 spiro atoms. The van der Waals surface area contributed by atoms with E-state index in [1.54, 1.807) is 4.52 Å². The third-order valence-electron chi connectivity index (χ3n) is 5.14. The number of rotatable bonds is 4. The Morgan fingerprint density at radius 2 is 1.90 bits per heavy atom. The topological polar surface area (TPSA) is 72.2 Å². The molecule has 0 radical (unpaired) electrons. The molecule has 2 heterocycles. The van der Waals surface area contributed by atoms with E-state index in [2.05, 4.69) is 20.6 Å². The van der Waals surface area contributed by atoms with E-state index in [4.69, 9.17) is 0 Å². The third-order valence-corrected chi connectivity index (χ3v) is 6.09. The first-order valence-electron chi connectivity index (χ1n) is 9.75. The number of nitrogens with one attached hydrogen (secondary N) is 1. The van der Waals surface area contributed by atoms with Crippen molar-refractivity contribution in [2.45, 2.75) is 20.3 Å². The second-order valence-electron chi connectivity index (χ2n) is 7.08. The van der Waals surface area contributed by atoms with Crippen LogP contribution in [-0.2, 0) is 6.42 Å². The van der Waals surface area contributed by atoms with Gasteiger partial charge in [0.1, 0.15) is 5.01 Å². The van der Waals surface area contributed by atoms with Crippen molar-refractivity contribution < 1.29 is 4.79 Å². The normalized spacial score (nSPS) is 11.3. The zero-order valence-corrected chi connectivity index (χ0v) is 17.4. The lowest BCUT2D eigenvalue weighted by Gasteiger charge is -2.11. The number of benzene rings is 3. The molecule has 1 N–H and O–H groups in total. The van der Waals surface area contributed by atoms with Gasteiger partial charge in [0.2, 0.25) is 4.96 Å². The van der Waals surface area contributed by atoms with Gasteiger partial charge in [0.25, 0.3) is 5.91 Å². The Balaban J connectivity index is 1.50. The minimum absolute atomic E-state index is 0.126. The molecule has 7 heteroatoms. The van der Waals surface area contributed by atoms with Gasteiger partial charge in [-0.3, -0.25) is 4.79 Å². The Hall–Kier alpha value is -3.58. The number of carbonyl (C=O) groups is 1. The number of aryl methyl sites for hydroxylation is 2. The number of nitrogens with zero attached hydrogens (tertiary/aromatic N) is 4. The predicted octanol–water partition coefficient (Wildman–Crippen LogP) is 5.13. The third kappa shape index (κ3) is 3.13. The molecule has 0 aliphatic heterocycles. The monoisotopic (exact) mass is 413 g/mol. The van der Waals surface area contributed by atoms with E-state index < -0.39 is 0 Å². The van der Waals surface area contributed by atoms with E-state index in [9.17, 15) is 4.79 Å². The van der Waals surface area contributed by atoms with Gasteiger partial charge in [-0.1, -0.05) is 66.8 Å². The maximum absolute atomic E-state index is 13.1. The molecule has 5 aromatic rings. The Morgan fingerprint density at radius 3 is 2.77 bits per heavy atom. The van der Waals surface area contributed by atoms with Gasteiger partial charge in [0, 0.05) is 23.2 Å². The minimum atomic E-state index is -0.126. The Labute approximate surface area is 177 Å². The summed E-state index contributed by atoms with van der Waals surface area (Å²) in [7, 11) is 0. The Morgan fingerprint density at radius 1 is 1.07 bits per heavy atom. The summed E-state index contributed by atoms with van der Waals surface area (Å²) in [6.45, 7) is 4.01. The van der Waals surface area contributed by atoms with Crippen LogP contribution >= 0.6 is 11.3 Å². The smallest absolute Gasteiger partial charge is 0.256 e. The van der Waals surface area contributed by atoms with Crippen molar-refractivity contribution in [3.63, 3.8) is 0 Å². The van der Waals surface area contributed by atoms with Crippen LogP contribution in [0.25, 0.3) is 26.3 Å². The van der Waals surface area contributed by atoms with Crippen LogP contribution < -0.4 is 5.32 Å². The highest BCUT2D eigenvalue weighted by Gasteiger charge is 2.15. The summed E-state index contributed by atoms with van der Waals surface area (Å²) in [6.07, 6.45) is 0.768. The molecular weight excluding hydrogens is 394 g/mol. The summed E-state index contributed by atoms with van der Waals surface area (Å²) < 4.78 is 1.79. The van der Waals surface area contributed by atoms with E-state index in [1.165, 1.54) is 11.3 Å². The second kappa shape index (κ2) is 7.35. The number of hydrogen-bond acceptors (Lipinski definition) is 5. The van der Waals surface area contributed by atoms with Crippen molar-refractivity contribution in [3.8, 4) is 10.6 Å². The maximum Gasteiger partial charge on any atom is 0.256 e. The first kappa shape index (κ1) is 18.4. The first-order valence-corrected chi connectivity index (χ1v) is 10.6. The molecule has 0 atom stereocenters. The van der Waals surface area contributed by atoms with E-state index in [1.807, 2.05) is 74.5 Å². The number of anilines is 1. The van der Waals surface area contributed by atoms with Crippen LogP contribution in [0.3, 0.4) is 0 Å². The Kier molecular flexibility index (Phi) is 4.52. The van der Waals surface area contributed by atoms with Gasteiger partial charge >= 0.3 is 0 Å². The lowest BCUT2D eigenvalue weighted by Crippen LogP contribution is -2.13. The van der Waals surface area contributed by atoms with Gasteiger partial charge in [0.15, 0.2) is 5.82 Å². The predicted molar refractivity (Wildman–Crippen MR) is 120 cm³/mol. The van der Waals surface area contributed by atoms with Crippen molar-refractivity contribution in [2.75, 3.05) is 5.32 Å². The molecule has 0 aliphatic rings. The van der Waals surface area contributed by atoms with Crippen LogP contribution in [0.1, 0.15) is 28.7 Å². The maximum atomic E-state index is 13.1. The van der Waals surface area contributed by atoms with Gasteiger partial charge in [-0.05, 0) is 35.4 Å². The molecule has 0 aliphatic carbocycles. The van der Waals surface area contributed by atoms with E-state index >= 15 is 0 Å². The van der Waals surface area contributed by atoms with Crippen LogP contribution in [0.5, 0.6) is 0 Å². The lowest BCUT2D eigenvalue weighted by molar-refractivity contribution is 0.102. The van der Waals surface area contributed by atoms with Crippen LogP contribution in [0, 0.1) is 6.92 Å². The Bertz CT molecular complexity index is 1400.